The van der Waals surface area contributed by atoms with Crippen LogP contribution in [0.3, 0.4) is 0 Å². The van der Waals surface area contributed by atoms with Crippen LogP contribution in [0.15, 0.2) is 6.20 Å². The summed E-state index contributed by atoms with van der Waals surface area (Å²) >= 11 is 0. The van der Waals surface area contributed by atoms with Gasteiger partial charge < -0.3 is 9.30 Å². The van der Waals surface area contributed by atoms with Gasteiger partial charge in [0, 0.05) is 39.9 Å². The molecule has 1 aliphatic rings. The molecule has 2 heterocycles. The number of fused-ring (bicyclic) bond motifs is 1. The van der Waals surface area contributed by atoms with Gasteiger partial charge in [0.25, 0.3) is 10.2 Å². The molecule has 2 rings (SSSR count). The van der Waals surface area contributed by atoms with Crippen LogP contribution in [0.1, 0.15) is 24.4 Å². The van der Waals surface area contributed by atoms with Crippen LogP contribution in [0.25, 0.3) is 0 Å². The zero-order valence-corrected chi connectivity index (χ0v) is 12.8. The van der Waals surface area contributed by atoms with Crippen molar-refractivity contribution in [3.8, 4) is 0 Å². The number of likely N-dealkylation sites (N-methyl/N-ethyl adjacent to an activating group) is 1. The lowest BCUT2D eigenvalue weighted by molar-refractivity contribution is 0.184. The highest BCUT2D eigenvalue weighted by molar-refractivity contribution is 7.87. The van der Waals surface area contributed by atoms with E-state index in [4.69, 9.17) is 4.74 Å². The van der Waals surface area contributed by atoms with E-state index in [2.05, 4.69) is 14.3 Å². The highest BCUT2D eigenvalue weighted by Crippen LogP contribution is 2.14. The number of hydrogen-bond acceptors (Lipinski definition) is 4. The first kappa shape index (κ1) is 15.4. The molecule has 0 aliphatic carbocycles. The molecular formula is C12H22N4O3S. The lowest BCUT2D eigenvalue weighted by Gasteiger charge is -2.16. The summed E-state index contributed by atoms with van der Waals surface area (Å²) in [4.78, 5) is 4.47. The number of hydrogen-bond donors (Lipinski definition) is 1. The fourth-order valence-corrected chi connectivity index (χ4v) is 3.04. The number of aryl methyl sites for hydroxylation is 2. The first-order valence-electron chi connectivity index (χ1n) is 6.77. The van der Waals surface area contributed by atoms with Crippen LogP contribution in [0, 0.1) is 0 Å². The van der Waals surface area contributed by atoms with E-state index in [-0.39, 0.29) is 6.54 Å². The first-order chi connectivity index (χ1) is 9.53. The Hall–Kier alpha value is -0.960. The molecule has 0 spiro atoms. The molecule has 0 saturated heterocycles. The Morgan fingerprint density at radius 1 is 1.50 bits per heavy atom. The van der Waals surface area contributed by atoms with Gasteiger partial charge in [0.2, 0.25) is 0 Å². The van der Waals surface area contributed by atoms with Gasteiger partial charge in [-0.15, -0.1) is 0 Å². The fraction of sp³-hybridized carbons (Fsp3) is 0.750. The van der Waals surface area contributed by atoms with Crippen LogP contribution >= 0.6 is 0 Å². The van der Waals surface area contributed by atoms with Crippen LogP contribution in [0.4, 0.5) is 0 Å². The van der Waals surface area contributed by atoms with Crippen molar-refractivity contribution in [1.82, 2.24) is 18.6 Å². The smallest absolute Gasteiger partial charge is 0.279 e. The molecule has 1 aliphatic heterocycles. The molecule has 0 bridgehead atoms. The van der Waals surface area contributed by atoms with Crippen molar-refractivity contribution in [2.75, 3.05) is 27.3 Å². The van der Waals surface area contributed by atoms with Gasteiger partial charge >= 0.3 is 0 Å². The van der Waals surface area contributed by atoms with Crippen LogP contribution in [0.2, 0.25) is 0 Å². The minimum atomic E-state index is -3.48. The largest absolute Gasteiger partial charge is 0.383 e. The molecule has 8 heteroatoms. The van der Waals surface area contributed by atoms with Crippen molar-refractivity contribution < 1.29 is 13.2 Å². The molecule has 1 N–H and O–H groups in total. The summed E-state index contributed by atoms with van der Waals surface area (Å²) < 4.78 is 34.7. The van der Waals surface area contributed by atoms with Crippen molar-refractivity contribution in [3.63, 3.8) is 0 Å². The van der Waals surface area contributed by atoms with E-state index in [9.17, 15) is 8.42 Å². The summed E-state index contributed by atoms with van der Waals surface area (Å²) in [7, 11) is -0.406. The first-order valence-corrected chi connectivity index (χ1v) is 8.22. The summed E-state index contributed by atoms with van der Waals surface area (Å²) in [5.74, 6) is 1.05. The standard InChI is InChI=1S/C12H22N4O3S/c1-15(7-8-19-2)20(17,18)13-9-11-10-16-6-4-3-5-12(16)14-11/h10,13H,3-9H2,1-2H3. The van der Waals surface area contributed by atoms with E-state index >= 15 is 0 Å². The van der Waals surface area contributed by atoms with Gasteiger partial charge in [-0.3, -0.25) is 0 Å². The number of nitrogens with zero attached hydrogens (tertiary/aromatic N) is 3. The predicted octanol–water partition coefficient (Wildman–Crippen LogP) is 0.132. The van der Waals surface area contributed by atoms with E-state index < -0.39 is 10.2 Å². The SMILES string of the molecule is COCCN(C)S(=O)(=O)NCc1cn2c(n1)CCCC2. The van der Waals surface area contributed by atoms with Crippen LogP contribution in [-0.4, -0.2) is 49.6 Å². The van der Waals surface area contributed by atoms with Crippen LogP contribution in [0.5, 0.6) is 0 Å². The maximum absolute atomic E-state index is 12.0. The summed E-state index contributed by atoms with van der Waals surface area (Å²) in [5, 5.41) is 0. The van der Waals surface area contributed by atoms with Crippen molar-refractivity contribution in [2.24, 2.45) is 0 Å². The normalized spacial score (nSPS) is 15.6. The maximum atomic E-state index is 12.0. The highest BCUT2D eigenvalue weighted by Gasteiger charge is 2.18. The molecular weight excluding hydrogens is 280 g/mol. The summed E-state index contributed by atoms with van der Waals surface area (Å²) in [6.45, 7) is 1.89. The van der Waals surface area contributed by atoms with Crippen molar-refractivity contribution in [3.05, 3.63) is 17.7 Å². The lowest BCUT2D eigenvalue weighted by Crippen LogP contribution is -2.39. The number of nitrogens with one attached hydrogen (secondary N) is 1. The van der Waals surface area contributed by atoms with Crippen molar-refractivity contribution >= 4 is 10.2 Å². The van der Waals surface area contributed by atoms with Gasteiger partial charge in [-0.1, -0.05) is 0 Å². The average molecular weight is 302 g/mol. The van der Waals surface area contributed by atoms with Crippen LogP contribution < -0.4 is 4.72 Å². The Morgan fingerprint density at radius 2 is 2.30 bits per heavy atom. The third kappa shape index (κ3) is 3.78. The number of methoxy groups -OCH3 is 1. The number of ether oxygens (including phenoxy) is 1. The van der Waals surface area contributed by atoms with Gasteiger partial charge in [0.15, 0.2) is 0 Å². The lowest BCUT2D eigenvalue weighted by atomic mass is 10.2. The van der Waals surface area contributed by atoms with Gasteiger partial charge in [0.05, 0.1) is 18.8 Å². The van der Waals surface area contributed by atoms with Crippen molar-refractivity contribution in [2.45, 2.75) is 32.4 Å². The van der Waals surface area contributed by atoms with E-state index in [1.165, 1.54) is 11.4 Å². The summed E-state index contributed by atoms with van der Waals surface area (Å²) in [6.07, 6.45) is 5.23. The molecule has 0 unspecified atom stereocenters. The maximum Gasteiger partial charge on any atom is 0.279 e. The van der Waals surface area contributed by atoms with E-state index in [0.29, 0.717) is 13.2 Å². The van der Waals surface area contributed by atoms with Crippen LogP contribution in [-0.2, 0) is 34.5 Å². The Labute approximate surface area is 120 Å². The quantitative estimate of drug-likeness (QED) is 0.777. The zero-order chi connectivity index (χ0) is 14.6. The molecule has 0 fully saturated rings. The van der Waals surface area contributed by atoms with Gasteiger partial charge in [0.1, 0.15) is 5.82 Å². The number of aromatic nitrogens is 2. The molecule has 0 amide bonds. The molecule has 7 nitrogen and oxygen atoms in total. The summed E-state index contributed by atoms with van der Waals surface area (Å²) in [5.41, 5.74) is 0.769. The van der Waals surface area contributed by atoms with Gasteiger partial charge in [-0.05, 0) is 12.8 Å². The molecule has 0 aromatic carbocycles. The second-order valence-electron chi connectivity index (χ2n) is 4.94. The Balaban J connectivity index is 1.92. The van der Waals surface area contributed by atoms with Crippen molar-refractivity contribution in [1.29, 1.82) is 0 Å². The minimum Gasteiger partial charge on any atom is -0.383 e. The van der Waals surface area contributed by atoms with E-state index in [1.54, 1.807) is 7.11 Å². The molecule has 0 saturated carbocycles. The molecule has 114 valence electrons. The monoisotopic (exact) mass is 302 g/mol. The molecule has 0 atom stereocenters. The zero-order valence-electron chi connectivity index (χ0n) is 12.0. The number of imidazole rings is 1. The second-order valence-corrected chi connectivity index (χ2v) is 6.80. The predicted molar refractivity (Wildman–Crippen MR) is 75.4 cm³/mol. The minimum absolute atomic E-state index is 0.222. The Bertz CT molecular complexity index is 517. The Morgan fingerprint density at radius 3 is 3.00 bits per heavy atom. The molecule has 1 aromatic heterocycles. The topological polar surface area (TPSA) is 76.5 Å². The molecule has 20 heavy (non-hydrogen) atoms. The average Bonchev–Trinajstić information content (AvgIpc) is 2.85. The Kier molecular flexibility index (Phi) is 5.14. The van der Waals surface area contributed by atoms with E-state index in [1.807, 2.05) is 6.20 Å². The van der Waals surface area contributed by atoms with E-state index in [0.717, 1.165) is 37.3 Å². The fourth-order valence-electron chi connectivity index (χ4n) is 2.17. The number of rotatable bonds is 7. The summed E-state index contributed by atoms with van der Waals surface area (Å²) in [6, 6.07) is 0. The van der Waals surface area contributed by atoms with Gasteiger partial charge in [-0.25, -0.2) is 4.98 Å². The molecule has 1 aromatic rings. The molecule has 0 radical (unpaired) electrons. The van der Waals surface area contributed by atoms with Gasteiger partial charge in [-0.2, -0.15) is 17.4 Å². The second kappa shape index (κ2) is 6.66. The third-order valence-corrected chi connectivity index (χ3v) is 4.93. The highest BCUT2D eigenvalue weighted by atomic mass is 32.2. The third-order valence-electron chi connectivity index (χ3n) is 3.41.